The van der Waals surface area contributed by atoms with Crippen LogP contribution in [-0.4, -0.2) is 12.6 Å². The number of carbonyl (C=O) groups is 1. The third-order valence-electron chi connectivity index (χ3n) is 2.84. The highest BCUT2D eigenvalue weighted by atomic mass is 32.2. The molecule has 0 unspecified atom stereocenters. The fourth-order valence-electron chi connectivity index (χ4n) is 1.77. The SMILES string of the molecule is CCCCOC(=O)C(C)(C)C=C(C)Sc1ccccc1. The number of hydrogen-bond acceptors (Lipinski definition) is 3. The third kappa shape index (κ3) is 5.83. The molecule has 20 heavy (non-hydrogen) atoms. The number of esters is 1. The molecule has 0 bridgehead atoms. The zero-order valence-corrected chi connectivity index (χ0v) is 13.6. The van der Waals surface area contributed by atoms with Gasteiger partial charge in [0, 0.05) is 4.90 Å². The van der Waals surface area contributed by atoms with Crippen molar-refractivity contribution in [1.82, 2.24) is 0 Å². The van der Waals surface area contributed by atoms with Gasteiger partial charge in [0.1, 0.15) is 0 Å². The van der Waals surface area contributed by atoms with Crippen LogP contribution in [0.3, 0.4) is 0 Å². The van der Waals surface area contributed by atoms with Crippen molar-refractivity contribution in [2.75, 3.05) is 6.61 Å². The van der Waals surface area contributed by atoms with Crippen molar-refractivity contribution in [3.05, 3.63) is 41.3 Å². The number of allylic oxidation sites excluding steroid dienone is 1. The van der Waals surface area contributed by atoms with Gasteiger partial charge in [-0.1, -0.05) is 49.4 Å². The molecule has 0 N–H and O–H groups in total. The van der Waals surface area contributed by atoms with E-state index in [1.807, 2.05) is 45.0 Å². The van der Waals surface area contributed by atoms with Crippen molar-refractivity contribution in [3.8, 4) is 0 Å². The molecule has 0 aliphatic heterocycles. The first-order chi connectivity index (χ1) is 9.45. The van der Waals surface area contributed by atoms with E-state index in [0.717, 1.165) is 17.7 Å². The molecule has 0 fully saturated rings. The van der Waals surface area contributed by atoms with Gasteiger partial charge in [-0.2, -0.15) is 0 Å². The first-order valence-corrected chi connectivity index (χ1v) is 7.87. The summed E-state index contributed by atoms with van der Waals surface area (Å²) in [7, 11) is 0. The van der Waals surface area contributed by atoms with Gasteiger partial charge >= 0.3 is 5.97 Å². The fourth-order valence-corrected chi connectivity index (χ4v) is 2.78. The van der Waals surface area contributed by atoms with Crippen LogP contribution in [0, 0.1) is 5.41 Å². The Bertz CT molecular complexity index is 449. The van der Waals surface area contributed by atoms with Crippen LogP contribution in [0.15, 0.2) is 46.2 Å². The van der Waals surface area contributed by atoms with E-state index < -0.39 is 5.41 Å². The van der Waals surface area contributed by atoms with E-state index in [9.17, 15) is 4.79 Å². The molecule has 0 aromatic heterocycles. The topological polar surface area (TPSA) is 26.3 Å². The zero-order chi connectivity index (χ0) is 15.0. The van der Waals surface area contributed by atoms with Crippen LogP contribution in [0.1, 0.15) is 40.5 Å². The minimum absolute atomic E-state index is 0.154. The fraction of sp³-hybridized carbons (Fsp3) is 0.471. The summed E-state index contributed by atoms with van der Waals surface area (Å²) in [4.78, 5) is 14.3. The minimum Gasteiger partial charge on any atom is -0.465 e. The maximum Gasteiger partial charge on any atom is 0.315 e. The number of thioether (sulfide) groups is 1. The van der Waals surface area contributed by atoms with E-state index in [2.05, 4.69) is 19.1 Å². The molecule has 3 heteroatoms. The van der Waals surface area contributed by atoms with Crippen molar-refractivity contribution in [2.24, 2.45) is 5.41 Å². The van der Waals surface area contributed by atoms with Crippen molar-refractivity contribution in [3.63, 3.8) is 0 Å². The lowest BCUT2D eigenvalue weighted by molar-refractivity contribution is -0.151. The molecule has 110 valence electrons. The lowest BCUT2D eigenvalue weighted by atomic mass is 9.93. The normalized spacial score (nSPS) is 12.3. The second kappa shape index (κ2) is 8.15. The van der Waals surface area contributed by atoms with Crippen LogP contribution < -0.4 is 0 Å². The number of rotatable bonds is 7. The quantitative estimate of drug-likeness (QED) is 0.399. The largest absolute Gasteiger partial charge is 0.465 e. The summed E-state index contributed by atoms with van der Waals surface area (Å²) < 4.78 is 5.31. The second-order valence-electron chi connectivity index (χ2n) is 5.38. The van der Waals surface area contributed by atoms with Crippen molar-refractivity contribution < 1.29 is 9.53 Å². The van der Waals surface area contributed by atoms with Crippen LogP contribution in [0.4, 0.5) is 0 Å². The van der Waals surface area contributed by atoms with Gasteiger partial charge in [0.05, 0.1) is 12.0 Å². The molecule has 0 saturated carbocycles. The molecule has 1 aromatic carbocycles. The van der Waals surface area contributed by atoms with E-state index in [0.29, 0.717) is 6.61 Å². The number of benzene rings is 1. The van der Waals surface area contributed by atoms with Gasteiger partial charge in [-0.3, -0.25) is 4.79 Å². The molecule has 0 amide bonds. The summed E-state index contributed by atoms with van der Waals surface area (Å²) >= 11 is 1.67. The predicted octanol–water partition coefficient (Wildman–Crippen LogP) is 5.05. The lowest BCUT2D eigenvalue weighted by Gasteiger charge is -2.19. The summed E-state index contributed by atoms with van der Waals surface area (Å²) in [5.41, 5.74) is -0.584. The number of carbonyl (C=O) groups excluding carboxylic acids is 1. The molecule has 1 rings (SSSR count). The van der Waals surface area contributed by atoms with E-state index >= 15 is 0 Å². The van der Waals surface area contributed by atoms with Crippen LogP contribution >= 0.6 is 11.8 Å². The number of unbranched alkanes of at least 4 members (excludes halogenated alkanes) is 1. The molecular weight excluding hydrogens is 268 g/mol. The van der Waals surface area contributed by atoms with E-state index in [-0.39, 0.29) is 5.97 Å². The Morgan fingerprint density at radius 2 is 1.95 bits per heavy atom. The van der Waals surface area contributed by atoms with E-state index in [1.54, 1.807) is 11.8 Å². The maximum absolute atomic E-state index is 12.1. The lowest BCUT2D eigenvalue weighted by Crippen LogP contribution is -2.25. The molecule has 0 heterocycles. The number of hydrogen-bond donors (Lipinski definition) is 0. The average Bonchev–Trinajstić information content (AvgIpc) is 2.39. The standard InChI is InChI=1S/C17H24O2S/c1-5-6-12-19-16(18)17(3,4)13-14(2)20-15-10-8-7-9-11-15/h7-11,13H,5-6,12H2,1-4H3. The Morgan fingerprint density at radius 3 is 2.55 bits per heavy atom. The van der Waals surface area contributed by atoms with Gasteiger partial charge in [-0.15, -0.1) is 0 Å². The summed E-state index contributed by atoms with van der Waals surface area (Å²) in [5, 5.41) is 0. The Balaban J connectivity index is 2.62. The molecule has 1 aromatic rings. The average molecular weight is 292 g/mol. The molecular formula is C17H24O2S. The van der Waals surface area contributed by atoms with E-state index in [1.165, 1.54) is 4.90 Å². The smallest absolute Gasteiger partial charge is 0.315 e. The molecule has 0 aliphatic rings. The Hall–Kier alpha value is -1.22. The van der Waals surface area contributed by atoms with E-state index in [4.69, 9.17) is 4.74 Å². The van der Waals surface area contributed by atoms with Crippen molar-refractivity contribution >= 4 is 17.7 Å². The van der Waals surface area contributed by atoms with Crippen LogP contribution in [-0.2, 0) is 9.53 Å². The highest BCUT2D eigenvalue weighted by molar-refractivity contribution is 8.03. The highest BCUT2D eigenvalue weighted by Gasteiger charge is 2.27. The Kier molecular flexibility index (Phi) is 6.86. The van der Waals surface area contributed by atoms with Gasteiger partial charge in [0.15, 0.2) is 0 Å². The van der Waals surface area contributed by atoms with Gasteiger partial charge in [0.2, 0.25) is 0 Å². The van der Waals surface area contributed by atoms with Gasteiger partial charge < -0.3 is 4.74 Å². The monoisotopic (exact) mass is 292 g/mol. The highest BCUT2D eigenvalue weighted by Crippen LogP contribution is 2.30. The molecule has 0 spiro atoms. The molecule has 0 radical (unpaired) electrons. The molecule has 2 nitrogen and oxygen atoms in total. The summed E-state index contributed by atoms with van der Waals surface area (Å²) in [5.74, 6) is -0.154. The first kappa shape index (κ1) is 16.8. The Morgan fingerprint density at radius 1 is 1.30 bits per heavy atom. The predicted molar refractivity (Wildman–Crippen MR) is 85.7 cm³/mol. The zero-order valence-electron chi connectivity index (χ0n) is 12.8. The molecule has 0 saturated heterocycles. The van der Waals surface area contributed by atoms with Crippen molar-refractivity contribution in [2.45, 2.75) is 45.4 Å². The molecule has 0 aliphatic carbocycles. The summed E-state index contributed by atoms with van der Waals surface area (Å²) in [6.45, 7) is 8.42. The third-order valence-corrected chi connectivity index (χ3v) is 3.79. The number of ether oxygens (including phenoxy) is 1. The van der Waals surface area contributed by atoms with Crippen molar-refractivity contribution in [1.29, 1.82) is 0 Å². The minimum atomic E-state index is -0.584. The van der Waals surface area contributed by atoms with Gasteiger partial charge in [-0.25, -0.2) is 0 Å². The molecule has 0 atom stereocenters. The summed E-state index contributed by atoms with van der Waals surface area (Å²) in [6.07, 6.45) is 3.94. The summed E-state index contributed by atoms with van der Waals surface area (Å²) in [6, 6.07) is 10.2. The maximum atomic E-state index is 12.1. The van der Waals surface area contributed by atoms with Gasteiger partial charge in [-0.05, 0) is 44.2 Å². The van der Waals surface area contributed by atoms with Crippen LogP contribution in [0.2, 0.25) is 0 Å². The van der Waals surface area contributed by atoms with Gasteiger partial charge in [0.25, 0.3) is 0 Å². The second-order valence-corrected chi connectivity index (χ2v) is 6.70. The van der Waals surface area contributed by atoms with Crippen LogP contribution in [0.25, 0.3) is 0 Å². The Labute approximate surface area is 126 Å². The van der Waals surface area contributed by atoms with Crippen LogP contribution in [0.5, 0.6) is 0 Å². The first-order valence-electron chi connectivity index (χ1n) is 7.05.